The van der Waals surface area contributed by atoms with Crippen molar-refractivity contribution in [1.82, 2.24) is 15.3 Å². The van der Waals surface area contributed by atoms with E-state index in [0.717, 1.165) is 18.8 Å². The van der Waals surface area contributed by atoms with Gasteiger partial charge in [0.2, 0.25) is 0 Å². The predicted molar refractivity (Wildman–Crippen MR) is 75.9 cm³/mol. The molecule has 0 radical (unpaired) electrons. The van der Waals surface area contributed by atoms with E-state index >= 15 is 0 Å². The van der Waals surface area contributed by atoms with Crippen LogP contribution in [0, 0.1) is 5.92 Å². The molecule has 1 unspecified atom stereocenters. The molecular formula is C16H19N3. The summed E-state index contributed by atoms with van der Waals surface area (Å²) in [7, 11) is 0. The summed E-state index contributed by atoms with van der Waals surface area (Å²) in [6.45, 7) is 2.21. The van der Waals surface area contributed by atoms with Gasteiger partial charge in [-0.25, -0.2) is 0 Å². The molecule has 1 atom stereocenters. The molecule has 2 heterocycles. The molecule has 0 saturated carbocycles. The Morgan fingerprint density at radius 1 is 1.05 bits per heavy atom. The van der Waals surface area contributed by atoms with Crippen LogP contribution in [0.1, 0.15) is 30.0 Å². The smallest absolute Gasteiger partial charge is 0.0664 e. The predicted octanol–water partition coefficient (Wildman–Crippen LogP) is 2.61. The molecule has 0 aliphatic carbocycles. The molecule has 0 bridgehead atoms. The third-order valence-corrected chi connectivity index (χ3v) is 3.92. The van der Waals surface area contributed by atoms with Crippen molar-refractivity contribution in [1.29, 1.82) is 0 Å². The highest BCUT2D eigenvalue weighted by molar-refractivity contribution is 5.28. The zero-order valence-electron chi connectivity index (χ0n) is 11.0. The van der Waals surface area contributed by atoms with Crippen LogP contribution in [0.2, 0.25) is 0 Å². The van der Waals surface area contributed by atoms with Gasteiger partial charge in [-0.15, -0.1) is 0 Å². The van der Waals surface area contributed by atoms with Gasteiger partial charge in [0.25, 0.3) is 0 Å². The molecular weight excluding hydrogens is 234 g/mol. The van der Waals surface area contributed by atoms with Gasteiger partial charge in [-0.2, -0.15) is 0 Å². The fourth-order valence-electron chi connectivity index (χ4n) is 2.99. The minimum absolute atomic E-state index is 0.372. The van der Waals surface area contributed by atoms with E-state index in [9.17, 15) is 0 Å². The maximum atomic E-state index is 4.55. The Labute approximate surface area is 114 Å². The highest BCUT2D eigenvalue weighted by atomic mass is 14.9. The van der Waals surface area contributed by atoms with E-state index < -0.39 is 0 Å². The summed E-state index contributed by atoms with van der Waals surface area (Å²) < 4.78 is 0. The summed E-state index contributed by atoms with van der Waals surface area (Å²) in [5, 5.41) is 3.44. The molecule has 1 aromatic heterocycles. The minimum atomic E-state index is 0.372. The molecule has 1 N–H and O–H groups in total. The van der Waals surface area contributed by atoms with Crippen LogP contribution in [0.25, 0.3) is 0 Å². The fourth-order valence-corrected chi connectivity index (χ4v) is 2.99. The quantitative estimate of drug-likeness (QED) is 0.913. The van der Waals surface area contributed by atoms with E-state index in [1.165, 1.54) is 18.4 Å². The van der Waals surface area contributed by atoms with E-state index in [4.69, 9.17) is 0 Å². The van der Waals surface area contributed by atoms with Crippen molar-refractivity contribution in [3.05, 3.63) is 60.2 Å². The topological polar surface area (TPSA) is 37.8 Å². The van der Waals surface area contributed by atoms with Crippen molar-refractivity contribution in [2.45, 2.75) is 18.8 Å². The molecule has 0 spiro atoms. The van der Waals surface area contributed by atoms with Crippen LogP contribution in [0.15, 0.2) is 48.9 Å². The van der Waals surface area contributed by atoms with Gasteiger partial charge in [0.15, 0.2) is 0 Å². The molecule has 1 aromatic carbocycles. The first kappa shape index (κ1) is 12.3. The van der Waals surface area contributed by atoms with Crippen LogP contribution in [0.4, 0.5) is 0 Å². The van der Waals surface area contributed by atoms with Crippen LogP contribution in [-0.4, -0.2) is 23.1 Å². The maximum Gasteiger partial charge on any atom is 0.0664 e. The van der Waals surface area contributed by atoms with Crippen molar-refractivity contribution in [3.8, 4) is 0 Å². The second-order valence-electron chi connectivity index (χ2n) is 5.11. The molecule has 19 heavy (non-hydrogen) atoms. The van der Waals surface area contributed by atoms with Crippen LogP contribution >= 0.6 is 0 Å². The largest absolute Gasteiger partial charge is 0.317 e. The summed E-state index contributed by atoms with van der Waals surface area (Å²) in [5.41, 5.74) is 2.45. The van der Waals surface area contributed by atoms with Gasteiger partial charge in [-0.05, 0) is 37.4 Å². The fraction of sp³-hybridized carbons (Fsp3) is 0.375. The first-order valence-electron chi connectivity index (χ1n) is 6.97. The summed E-state index contributed by atoms with van der Waals surface area (Å²) in [5.74, 6) is 1.03. The van der Waals surface area contributed by atoms with Gasteiger partial charge >= 0.3 is 0 Å². The Hall–Kier alpha value is -1.74. The second-order valence-corrected chi connectivity index (χ2v) is 5.11. The number of benzene rings is 1. The monoisotopic (exact) mass is 253 g/mol. The van der Waals surface area contributed by atoms with Gasteiger partial charge < -0.3 is 5.32 Å². The Morgan fingerprint density at radius 2 is 1.84 bits per heavy atom. The van der Waals surface area contributed by atoms with Gasteiger partial charge in [0.05, 0.1) is 5.69 Å². The zero-order valence-corrected chi connectivity index (χ0v) is 11.0. The molecule has 1 saturated heterocycles. The summed E-state index contributed by atoms with van der Waals surface area (Å²) in [6.07, 6.45) is 7.87. The molecule has 3 rings (SSSR count). The molecule has 0 amide bonds. The number of rotatable bonds is 3. The number of piperidine rings is 1. The summed E-state index contributed by atoms with van der Waals surface area (Å²) in [6, 6.07) is 10.7. The van der Waals surface area contributed by atoms with Crippen molar-refractivity contribution >= 4 is 0 Å². The van der Waals surface area contributed by atoms with Gasteiger partial charge in [-0.3, -0.25) is 9.97 Å². The number of nitrogens with one attached hydrogen (secondary N) is 1. The SMILES string of the molecule is c1ccc(C(c2cnccn2)C2CCNCC2)cc1. The standard InChI is InChI=1S/C16H19N3/c1-2-4-13(5-3-1)16(14-6-8-17-9-7-14)15-12-18-10-11-19-15/h1-5,10-12,14,16-17H,6-9H2. The second kappa shape index (κ2) is 5.93. The lowest BCUT2D eigenvalue weighted by Gasteiger charge is -2.30. The third-order valence-electron chi connectivity index (χ3n) is 3.92. The van der Waals surface area contributed by atoms with Crippen molar-refractivity contribution in [2.24, 2.45) is 5.92 Å². The lowest BCUT2D eigenvalue weighted by Crippen LogP contribution is -2.31. The highest BCUT2D eigenvalue weighted by Gasteiger charge is 2.27. The van der Waals surface area contributed by atoms with E-state index in [-0.39, 0.29) is 0 Å². The van der Waals surface area contributed by atoms with Crippen LogP contribution in [0.3, 0.4) is 0 Å². The Balaban J connectivity index is 1.96. The van der Waals surface area contributed by atoms with Gasteiger partial charge in [0, 0.05) is 24.5 Å². The third kappa shape index (κ3) is 2.82. The normalized spacial score (nSPS) is 18.1. The highest BCUT2D eigenvalue weighted by Crippen LogP contribution is 2.35. The Bertz CT molecular complexity index is 452. The van der Waals surface area contributed by atoms with Gasteiger partial charge in [-0.1, -0.05) is 30.3 Å². The van der Waals surface area contributed by atoms with E-state index in [0.29, 0.717) is 11.8 Å². The van der Waals surface area contributed by atoms with Crippen molar-refractivity contribution in [2.75, 3.05) is 13.1 Å². The first-order chi connectivity index (χ1) is 9.45. The number of aromatic nitrogens is 2. The molecule has 3 nitrogen and oxygen atoms in total. The van der Waals surface area contributed by atoms with Crippen LogP contribution < -0.4 is 5.32 Å². The maximum absolute atomic E-state index is 4.55. The molecule has 98 valence electrons. The number of hydrogen-bond donors (Lipinski definition) is 1. The molecule has 3 heteroatoms. The molecule has 1 aliphatic heterocycles. The van der Waals surface area contributed by atoms with Crippen molar-refractivity contribution in [3.63, 3.8) is 0 Å². The van der Waals surface area contributed by atoms with Crippen LogP contribution in [0.5, 0.6) is 0 Å². The molecule has 1 aliphatic rings. The number of nitrogens with zero attached hydrogens (tertiary/aromatic N) is 2. The lowest BCUT2D eigenvalue weighted by molar-refractivity contribution is 0.338. The first-order valence-corrected chi connectivity index (χ1v) is 6.97. The zero-order chi connectivity index (χ0) is 12.9. The Morgan fingerprint density at radius 3 is 2.53 bits per heavy atom. The van der Waals surface area contributed by atoms with E-state index in [2.05, 4.69) is 45.6 Å². The summed E-state index contributed by atoms with van der Waals surface area (Å²) >= 11 is 0. The minimum Gasteiger partial charge on any atom is -0.317 e. The average Bonchev–Trinajstić information content (AvgIpc) is 2.51. The number of hydrogen-bond acceptors (Lipinski definition) is 3. The molecule has 2 aromatic rings. The van der Waals surface area contributed by atoms with Crippen LogP contribution in [-0.2, 0) is 0 Å². The van der Waals surface area contributed by atoms with E-state index in [1.807, 2.05) is 6.20 Å². The average molecular weight is 253 g/mol. The van der Waals surface area contributed by atoms with Crippen molar-refractivity contribution < 1.29 is 0 Å². The lowest BCUT2D eigenvalue weighted by atomic mass is 9.78. The Kier molecular flexibility index (Phi) is 3.84. The molecule has 1 fully saturated rings. The summed E-state index contributed by atoms with van der Waals surface area (Å²) in [4.78, 5) is 8.80. The van der Waals surface area contributed by atoms with E-state index in [1.54, 1.807) is 12.4 Å². The van der Waals surface area contributed by atoms with Gasteiger partial charge in [0.1, 0.15) is 0 Å².